The van der Waals surface area contributed by atoms with Crippen molar-refractivity contribution in [3.05, 3.63) is 28.7 Å². The fraction of sp³-hybridized carbons (Fsp3) is 0.500. The zero-order valence-corrected chi connectivity index (χ0v) is 12.3. The monoisotopic (exact) mass is 319 g/mol. The summed E-state index contributed by atoms with van der Waals surface area (Å²) < 4.78 is 18.1. The third-order valence-electron chi connectivity index (χ3n) is 2.32. The minimum Gasteiger partial charge on any atom is -0.493 e. The molecule has 0 spiro atoms. The number of rotatable bonds is 7. The van der Waals surface area contributed by atoms with Crippen LogP contribution in [-0.4, -0.2) is 28.4 Å². The van der Waals surface area contributed by atoms with Crippen molar-refractivity contribution in [2.45, 2.75) is 19.4 Å². The number of halogens is 1. The number of nitrogens with two attached hydrogens (primary N) is 1. The van der Waals surface area contributed by atoms with Gasteiger partial charge in [-0.3, -0.25) is 4.21 Å². The van der Waals surface area contributed by atoms with Crippen molar-refractivity contribution in [2.24, 2.45) is 5.73 Å². The molecule has 2 unspecified atom stereocenters. The van der Waals surface area contributed by atoms with Gasteiger partial charge in [-0.1, -0.05) is 22.9 Å². The molecular weight excluding hydrogens is 302 g/mol. The Kier molecular flexibility index (Phi) is 6.77. The summed E-state index contributed by atoms with van der Waals surface area (Å²) in [6, 6.07) is 7.62. The van der Waals surface area contributed by atoms with E-state index in [9.17, 15) is 4.21 Å². The minimum atomic E-state index is -0.887. The summed E-state index contributed by atoms with van der Waals surface area (Å²) in [6.45, 7) is 2.46. The van der Waals surface area contributed by atoms with E-state index in [4.69, 9.17) is 10.5 Å². The number of hydrogen-bond acceptors (Lipinski definition) is 3. The molecule has 5 heteroatoms. The predicted octanol–water partition coefficient (Wildman–Crippen LogP) is 2.31. The van der Waals surface area contributed by atoms with Crippen LogP contribution >= 0.6 is 15.9 Å². The van der Waals surface area contributed by atoms with Gasteiger partial charge in [0.1, 0.15) is 5.75 Å². The highest BCUT2D eigenvalue weighted by atomic mass is 79.9. The van der Waals surface area contributed by atoms with Gasteiger partial charge in [0.25, 0.3) is 0 Å². The Bertz CT molecular complexity index is 356. The first-order chi connectivity index (χ1) is 8.11. The van der Waals surface area contributed by atoms with Crippen LogP contribution in [0.5, 0.6) is 5.75 Å². The van der Waals surface area contributed by atoms with Gasteiger partial charge in [0.15, 0.2) is 0 Å². The Hall–Kier alpha value is -0.390. The van der Waals surface area contributed by atoms with E-state index < -0.39 is 10.8 Å². The van der Waals surface area contributed by atoms with Crippen molar-refractivity contribution in [1.82, 2.24) is 0 Å². The van der Waals surface area contributed by atoms with Gasteiger partial charge in [-0.15, -0.1) is 0 Å². The molecule has 1 rings (SSSR count). The topological polar surface area (TPSA) is 52.3 Å². The fourth-order valence-corrected chi connectivity index (χ4v) is 2.64. The van der Waals surface area contributed by atoms with Crippen LogP contribution in [0.4, 0.5) is 0 Å². The molecular formula is C12H18BrNO2S. The van der Waals surface area contributed by atoms with E-state index >= 15 is 0 Å². The summed E-state index contributed by atoms with van der Waals surface area (Å²) in [5, 5.41) is 0. The summed E-state index contributed by atoms with van der Waals surface area (Å²) in [5.41, 5.74) is 5.73. The van der Waals surface area contributed by atoms with Gasteiger partial charge >= 0.3 is 0 Å². The van der Waals surface area contributed by atoms with Crippen LogP contribution in [0.25, 0.3) is 0 Å². The molecule has 0 saturated heterocycles. The van der Waals surface area contributed by atoms with E-state index in [1.54, 1.807) is 0 Å². The smallest absolute Gasteiger partial charge is 0.119 e. The molecule has 2 atom stereocenters. The highest BCUT2D eigenvalue weighted by Gasteiger charge is 2.06. The third kappa shape index (κ3) is 6.19. The van der Waals surface area contributed by atoms with E-state index in [1.807, 2.05) is 31.2 Å². The van der Waals surface area contributed by atoms with Crippen molar-refractivity contribution < 1.29 is 8.95 Å². The van der Waals surface area contributed by atoms with Gasteiger partial charge in [-0.2, -0.15) is 0 Å². The van der Waals surface area contributed by atoms with E-state index in [1.165, 1.54) is 0 Å². The van der Waals surface area contributed by atoms with E-state index in [-0.39, 0.29) is 6.04 Å². The lowest BCUT2D eigenvalue weighted by molar-refractivity contribution is 0.342. The van der Waals surface area contributed by atoms with Crippen LogP contribution in [0.3, 0.4) is 0 Å². The van der Waals surface area contributed by atoms with Crippen LogP contribution in [0.2, 0.25) is 0 Å². The Labute approximate surface area is 113 Å². The molecule has 96 valence electrons. The molecule has 0 aliphatic carbocycles. The number of ether oxygens (including phenoxy) is 1. The van der Waals surface area contributed by atoms with Crippen LogP contribution in [0.15, 0.2) is 28.7 Å². The molecule has 0 aliphatic rings. The first-order valence-electron chi connectivity index (χ1n) is 5.60. The number of hydrogen-bond donors (Lipinski definition) is 1. The molecule has 1 aromatic rings. The van der Waals surface area contributed by atoms with Crippen LogP contribution < -0.4 is 10.5 Å². The van der Waals surface area contributed by atoms with Gasteiger partial charge in [-0.05, 0) is 30.7 Å². The fourth-order valence-electron chi connectivity index (χ4n) is 1.22. The first kappa shape index (κ1) is 14.7. The molecule has 0 radical (unpaired) electrons. The highest BCUT2D eigenvalue weighted by Crippen LogP contribution is 2.15. The van der Waals surface area contributed by atoms with Gasteiger partial charge in [-0.25, -0.2) is 0 Å². The van der Waals surface area contributed by atoms with E-state index in [0.29, 0.717) is 18.1 Å². The maximum Gasteiger partial charge on any atom is 0.119 e. The zero-order valence-electron chi connectivity index (χ0n) is 9.90. The van der Waals surface area contributed by atoms with Gasteiger partial charge in [0.05, 0.1) is 12.4 Å². The second kappa shape index (κ2) is 7.84. The lowest BCUT2D eigenvalue weighted by Gasteiger charge is -2.09. The Morgan fingerprint density at radius 3 is 2.65 bits per heavy atom. The molecule has 0 aromatic heterocycles. The Morgan fingerprint density at radius 2 is 2.06 bits per heavy atom. The molecule has 3 nitrogen and oxygen atoms in total. The van der Waals surface area contributed by atoms with Crippen molar-refractivity contribution in [3.8, 4) is 5.75 Å². The average Bonchev–Trinajstić information content (AvgIpc) is 2.31. The Balaban J connectivity index is 2.23. The largest absolute Gasteiger partial charge is 0.493 e. The molecule has 17 heavy (non-hydrogen) atoms. The van der Waals surface area contributed by atoms with Crippen molar-refractivity contribution in [1.29, 1.82) is 0 Å². The van der Waals surface area contributed by atoms with Gasteiger partial charge < -0.3 is 10.5 Å². The first-order valence-corrected chi connectivity index (χ1v) is 7.89. The predicted molar refractivity (Wildman–Crippen MR) is 75.8 cm³/mol. The zero-order chi connectivity index (χ0) is 12.7. The lowest BCUT2D eigenvalue weighted by Crippen LogP contribution is -2.28. The number of benzene rings is 1. The standard InChI is InChI=1S/C12H18BrNO2S/c1-2-11(14)9-17(15)8-7-16-12-5-3-10(13)4-6-12/h3-6,11H,2,7-9,14H2,1H3. The molecule has 0 fully saturated rings. The van der Waals surface area contributed by atoms with Crippen molar-refractivity contribution in [3.63, 3.8) is 0 Å². The molecule has 1 aromatic carbocycles. The second-order valence-electron chi connectivity index (χ2n) is 3.78. The van der Waals surface area contributed by atoms with Crippen molar-refractivity contribution >= 4 is 26.7 Å². The maximum atomic E-state index is 11.6. The molecule has 0 aliphatic heterocycles. The summed E-state index contributed by atoms with van der Waals surface area (Å²) in [7, 11) is -0.887. The van der Waals surface area contributed by atoms with Gasteiger partial charge in [0.2, 0.25) is 0 Å². The molecule has 0 bridgehead atoms. The minimum absolute atomic E-state index is 0.0310. The van der Waals surface area contributed by atoms with Crippen molar-refractivity contribution in [2.75, 3.05) is 18.1 Å². The maximum absolute atomic E-state index is 11.6. The summed E-state index contributed by atoms with van der Waals surface area (Å²) >= 11 is 3.35. The quantitative estimate of drug-likeness (QED) is 0.839. The second-order valence-corrected chi connectivity index (χ2v) is 6.32. The lowest BCUT2D eigenvalue weighted by atomic mass is 10.3. The van der Waals surface area contributed by atoms with Crippen LogP contribution in [0.1, 0.15) is 13.3 Å². The molecule has 0 heterocycles. The van der Waals surface area contributed by atoms with Gasteiger partial charge in [0, 0.05) is 27.1 Å². The van der Waals surface area contributed by atoms with Crippen LogP contribution in [-0.2, 0) is 10.8 Å². The summed E-state index contributed by atoms with van der Waals surface area (Å²) in [6.07, 6.45) is 0.860. The summed E-state index contributed by atoms with van der Waals surface area (Å²) in [4.78, 5) is 0. The van der Waals surface area contributed by atoms with E-state index in [0.717, 1.165) is 16.6 Å². The Morgan fingerprint density at radius 1 is 1.41 bits per heavy atom. The highest BCUT2D eigenvalue weighted by molar-refractivity contribution is 9.10. The average molecular weight is 320 g/mol. The molecule has 0 saturated carbocycles. The molecule has 2 N–H and O–H groups in total. The van der Waals surface area contributed by atoms with Crippen LogP contribution in [0, 0.1) is 0 Å². The third-order valence-corrected chi connectivity index (χ3v) is 4.27. The summed E-state index contributed by atoms with van der Waals surface area (Å²) in [5.74, 6) is 1.88. The normalized spacial score (nSPS) is 14.3. The SMILES string of the molecule is CCC(N)CS(=O)CCOc1ccc(Br)cc1. The van der Waals surface area contributed by atoms with E-state index in [2.05, 4.69) is 15.9 Å². The molecule has 0 amide bonds.